The molecule has 0 aromatic heterocycles. The Morgan fingerprint density at radius 1 is 1.14 bits per heavy atom. The van der Waals surface area contributed by atoms with E-state index in [2.05, 4.69) is 10.2 Å². The highest BCUT2D eigenvalue weighted by atomic mass is 35.5. The van der Waals surface area contributed by atoms with E-state index >= 15 is 0 Å². The summed E-state index contributed by atoms with van der Waals surface area (Å²) in [6, 6.07) is 13.4. The molecule has 0 spiro atoms. The van der Waals surface area contributed by atoms with Crippen molar-refractivity contribution in [2.75, 3.05) is 18.1 Å². The number of hydrogen-bond acceptors (Lipinski definition) is 3. The van der Waals surface area contributed by atoms with Crippen LogP contribution in [0.3, 0.4) is 0 Å². The molecule has 0 unspecified atom stereocenters. The number of nitrogens with zero attached hydrogens (tertiary/aromatic N) is 1. The van der Waals surface area contributed by atoms with Gasteiger partial charge in [0.2, 0.25) is 0 Å². The first-order chi connectivity index (χ1) is 13.8. The van der Waals surface area contributed by atoms with Crippen molar-refractivity contribution in [1.82, 2.24) is 5.32 Å². The average molecular weight is 456 g/mol. The lowest BCUT2D eigenvalue weighted by molar-refractivity contribution is 0.127. The molecule has 0 aliphatic carbocycles. The fourth-order valence-corrected chi connectivity index (χ4v) is 4.19. The molecule has 1 heterocycles. The van der Waals surface area contributed by atoms with Crippen molar-refractivity contribution in [3.63, 3.8) is 0 Å². The zero-order valence-corrected chi connectivity index (χ0v) is 18.8. The second kappa shape index (κ2) is 9.92. The second-order valence-electron chi connectivity index (χ2n) is 7.71. The van der Waals surface area contributed by atoms with Gasteiger partial charge < -0.3 is 15.0 Å². The van der Waals surface area contributed by atoms with E-state index in [1.54, 1.807) is 6.07 Å². The number of rotatable bonds is 5. The van der Waals surface area contributed by atoms with Crippen LogP contribution in [0.15, 0.2) is 42.5 Å². The molecule has 1 amide bonds. The molecule has 7 heteroatoms. The van der Waals surface area contributed by atoms with Gasteiger partial charge in [-0.3, -0.25) is 0 Å². The molecule has 0 bridgehead atoms. The number of anilines is 1. The molecular weight excluding hydrogens is 431 g/mol. The number of alkyl carbamates (subject to hydrolysis) is 1. The Labute approximate surface area is 187 Å². The fourth-order valence-electron chi connectivity index (χ4n) is 3.55. The minimum atomic E-state index is -0.364. The van der Waals surface area contributed by atoms with E-state index in [1.807, 2.05) is 50.2 Å². The third-order valence-electron chi connectivity index (χ3n) is 4.95. The number of ether oxygens (including phenoxy) is 1. The predicted octanol–water partition coefficient (Wildman–Crippen LogP) is 6.74. The van der Waals surface area contributed by atoms with Crippen molar-refractivity contribution >= 4 is 46.6 Å². The van der Waals surface area contributed by atoms with Crippen molar-refractivity contribution in [2.45, 2.75) is 38.8 Å². The Hall–Kier alpha value is -1.62. The molecule has 2 aromatic carbocycles. The molecule has 1 N–H and O–H groups in total. The highest BCUT2D eigenvalue weighted by molar-refractivity contribution is 6.36. The minimum Gasteiger partial charge on any atom is -0.449 e. The van der Waals surface area contributed by atoms with E-state index in [9.17, 15) is 4.79 Å². The third kappa shape index (κ3) is 5.94. The van der Waals surface area contributed by atoms with Crippen LogP contribution in [-0.4, -0.2) is 25.3 Å². The summed E-state index contributed by atoms with van der Waals surface area (Å²) in [5.74, 6) is 0.302. The van der Waals surface area contributed by atoms with Crippen LogP contribution < -0.4 is 10.2 Å². The number of halogens is 3. The van der Waals surface area contributed by atoms with Crippen LogP contribution in [0.5, 0.6) is 0 Å². The fraction of sp³-hybridized carbons (Fsp3) is 0.409. The van der Waals surface area contributed by atoms with Gasteiger partial charge in [0.25, 0.3) is 0 Å². The lowest BCUT2D eigenvalue weighted by atomic mass is 9.91. The van der Waals surface area contributed by atoms with E-state index in [1.165, 1.54) is 0 Å². The average Bonchev–Trinajstić information content (AvgIpc) is 2.67. The standard InChI is InChI=1S/C22H25Cl3N2O2/c1-14(2)13-29-22(28)26-18-9-10-27(20-8-7-17(24)11-19(20)25)21(12-18)15-3-5-16(23)6-4-15/h3-8,11,14,18,21H,9-10,12-13H2,1-2H3,(H,26,28)/t18-,21+/m1/s1. The number of piperidine rings is 1. The van der Waals surface area contributed by atoms with E-state index in [0.717, 1.165) is 30.6 Å². The number of carbonyl (C=O) groups is 1. The maximum absolute atomic E-state index is 12.1. The summed E-state index contributed by atoms with van der Waals surface area (Å²) in [5.41, 5.74) is 2.04. The van der Waals surface area contributed by atoms with Crippen LogP contribution in [0.4, 0.5) is 10.5 Å². The van der Waals surface area contributed by atoms with Gasteiger partial charge in [0.1, 0.15) is 0 Å². The van der Waals surface area contributed by atoms with Crippen LogP contribution in [-0.2, 0) is 4.74 Å². The van der Waals surface area contributed by atoms with Crippen LogP contribution in [0.1, 0.15) is 38.3 Å². The summed E-state index contributed by atoms with van der Waals surface area (Å²) < 4.78 is 5.29. The molecule has 4 nitrogen and oxygen atoms in total. The first-order valence-electron chi connectivity index (χ1n) is 9.74. The topological polar surface area (TPSA) is 41.6 Å². The summed E-state index contributed by atoms with van der Waals surface area (Å²) in [6.07, 6.45) is 1.16. The molecular formula is C22H25Cl3N2O2. The molecule has 1 aliphatic heterocycles. The predicted molar refractivity (Wildman–Crippen MR) is 120 cm³/mol. The van der Waals surface area contributed by atoms with Gasteiger partial charge in [-0.1, -0.05) is 60.8 Å². The highest BCUT2D eigenvalue weighted by Crippen LogP contribution is 2.39. The second-order valence-corrected chi connectivity index (χ2v) is 8.99. The number of amides is 1. The minimum absolute atomic E-state index is 0.0117. The first-order valence-corrected chi connectivity index (χ1v) is 10.9. The van der Waals surface area contributed by atoms with E-state index in [-0.39, 0.29) is 18.2 Å². The van der Waals surface area contributed by atoms with E-state index in [4.69, 9.17) is 39.5 Å². The van der Waals surface area contributed by atoms with Crippen LogP contribution >= 0.6 is 34.8 Å². The van der Waals surface area contributed by atoms with Gasteiger partial charge in [-0.15, -0.1) is 0 Å². The Bertz CT molecular complexity index is 842. The molecule has 2 atom stereocenters. The number of benzene rings is 2. The maximum Gasteiger partial charge on any atom is 0.407 e. The molecule has 0 saturated carbocycles. The Morgan fingerprint density at radius 2 is 1.83 bits per heavy atom. The summed E-state index contributed by atoms with van der Waals surface area (Å²) in [7, 11) is 0. The maximum atomic E-state index is 12.1. The Kier molecular flexibility index (Phi) is 7.55. The number of nitrogens with one attached hydrogen (secondary N) is 1. The lowest BCUT2D eigenvalue weighted by Gasteiger charge is -2.41. The zero-order valence-electron chi connectivity index (χ0n) is 16.5. The van der Waals surface area contributed by atoms with Crippen LogP contribution in [0, 0.1) is 5.92 Å². The molecule has 0 radical (unpaired) electrons. The van der Waals surface area contributed by atoms with Crippen molar-refractivity contribution in [1.29, 1.82) is 0 Å². The van der Waals surface area contributed by atoms with Gasteiger partial charge >= 0.3 is 6.09 Å². The van der Waals surface area contributed by atoms with Gasteiger partial charge in [-0.05, 0) is 54.7 Å². The quantitative estimate of drug-likeness (QED) is 0.543. The monoisotopic (exact) mass is 454 g/mol. The van der Waals surface area contributed by atoms with Gasteiger partial charge in [0.15, 0.2) is 0 Å². The molecule has 1 aliphatic rings. The van der Waals surface area contributed by atoms with Crippen molar-refractivity contribution in [2.24, 2.45) is 5.92 Å². The molecule has 1 fully saturated rings. The third-order valence-corrected chi connectivity index (χ3v) is 5.74. The Morgan fingerprint density at radius 3 is 2.48 bits per heavy atom. The number of hydrogen-bond donors (Lipinski definition) is 1. The molecule has 156 valence electrons. The lowest BCUT2D eigenvalue weighted by Crippen LogP contribution is -2.46. The summed E-state index contributed by atoms with van der Waals surface area (Å²) in [5, 5.41) is 4.91. The zero-order chi connectivity index (χ0) is 21.0. The highest BCUT2D eigenvalue weighted by Gasteiger charge is 2.32. The van der Waals surface area contributed by atoms with Gasteiger partial charge in [-0.25, -0.2) is 4.79 Å². The molecule has 2 aromatic rings. The molecule has 29 heavy (non-hydrogen) atoms. The van der Waals surface area contributed by atoms with Crippen molar-refractivity contribution in [3.05, 3.63) is 63.1 Å². The largest absolute Gasteiger partial charge is 0.449 e. The van der Waals surface area contributed by atoms with Crippen molar-refractivity contribution in [3.8, 4) is 0 Å². The van der Waals surface area contributed by atoms with Crippen LogP contribution in [0.2, 0.25) is 15.1 Å². The smallest absolute Gasteiger partial charge is 0.407 e. The van der Waals surface area contributed by atoms with E-state index in [0.29, 0.717) is 27.6 Å². The van der Waals surface area contributed by atoms with Gasteiger partial charge in [0.05, 0.1) is 23.4 Å². The molecule has 3 rings (SSSR count). The van der Waals surface area contributed by atoms with Crippen LogP contribution in [0.25, 0.3) is 0 Å². The SMILES string of the molecule is CC(C)COC(=O)N[C@@H]1CCN(c2ccc(Cl)cc2Cl)[C@H](c2ccc(Cl)cc2)C1. The van der Waals surface area contributed by atoms with E-state index < -0.39 is 0 Å². The summed E-state index contributed by atoms with van der Waals surface area (Å²) in [6.45, 7) is 5.17. The normalized spacial score (nSPS) is 19.3. The summed E-state index contributed by atoms with van der Waals surface area (Å²) in [4.78, 5) is 14.4. The first kappa shape index (κ1) is 22.1. The number of carbonyl (C=O) groups excluding carboxylic acids is 1. The summed E-state index contributed by atoms with van der Waals surface area (Å²) >= 11 is 18.7. The Balaban J connectivity index is 1.81. The molecule has 1 saturated heterocycles. The van der Waals surface area contributed by atoms with Gasteiger partial charge in [0, 0.05) is 22.6 Å². The van der Waals surface area contributed by atoms with Crippen molar-refractivity contribution < 1.29 is 9.53 Å². The van der Waals surface area contributed by atoms with Gasteiger partial charge in [-0.2, -0.15) is 0 Å².